The highest BCUT2D eigenvalue weighted by molar-refractivity contribution is 6.34. The molecule has 2 rings (SSSR count). The number of carbonyl (C=O) groups is 2. The third-order valence-corrected chi connectivity index (χ3v) is 3.48. The smallest absolute Gasteiger partial charge is 0.319 e. The van der Waals surface area contributed by atoms with Crippen LogP contribution in [-0.4, -0.2) is 19.0 Å². The van der Waals surface area contributed by atoms with Gasteiger partial charge < -0.3 is 20.7 Å². The maximum atomic E-state index is 12.0. The molecule has 0 unspecified atom stereocenters. The van der Waals surface area contributed by atoms with Crippen LogP contribution in [0, 0.1) is 0 Å². The van der Waals surface area contributed by atoms with Crippen LogP contribution in [0.25, 0.3) is 0 Å². The predicted molar refractivity (Wildman–Crippen MR) is 94.6 cm³/mol. The molecule has 0 heterocycles. The molecule has 3 N–H and O–H groups in total. The molecular weight excluding hydrogens is 330 g/mol. The van der Waals surface area contributed by atoms with Crippen molar-refractivity contribution in [3.63, 3.8) is 0 Å². The third kappa shape index (κ3) is 4.89. The normalized spacial score (nSPS) is 9.96. The van der Waals surface area contributed by atoms with Gasteiger partial charge in [-0.3, -0.25) is 4.79 Å². The predicted octanol–water partition coefficient (Wildman–Crippen LogP) is 3.63. The standard InChI is InChI=1S/C17H18ClN3O3/c1-11(22)20-13-7-8-15(14(18)9-13)21-17(23)19-10-12-5-3-4-6-16(12)24-2/h3-9H,10H2,1-2H3,(H,20,22)(H2,19,21,23). The summed E-state index contributed by atoms with van der Waals surface area (Å²) in [5.74, 6) is 0.511. The molecule has 0 aromatic heterocycles. The fourth-order valence-electron chi connectivity index (χ4n) is 2.09. The van der Waals surface area contributed by atoms with E-state index in [4.69, 9.17) is 16.3 Å². The molecule has 2 aromatic rings. The van der Waals surface area contributed by atoms with E-state index in [-0.39, 0.29) is 5.91 Å². The van der Waals surface area contributed by atoms with E-state index in [9.17, 15) is 9.59 Å². The number of hydrogen-bond donors (Lipinski definition) is 3. The lowest BCUT2D eigenvalue weighted by Crippen LogP contribution is -2.28. The second-order valence-electron chi connectivity index (χ2n) is 5.00. The van der Waals surface area contributed by atoms with Gasteiger partial charge in [0.1, 0.15) is 5.75 Å². The zero-order valence-corrected chi connectivity index (χ0v) is 14.1. The summed E-state index contributed by atoms with van der Waals surface area (Å²) in [5, 5.41) is 8.35. The van der Waals surface area contributed by atoms with Crippen LogP contribution in [0.15, 0.2) is 42.5 Å². The van der Waals surface area contributed by atoms with Crippen LogP contribution < -0.4 is 20.7 Å². The van der Waals surface area contributed by atoms with Gasteiger partial charge in [0.2, 0.25) is 5.91 Å². The molecule has 7 heteroatoms. The highest BCUT2D eigenvalue weighted by Crippen LogP contribution is 2.25. The number of amides is 3. The number of methoxy groups -OCH3 is 1. The van der Waals surface area contributed by atoms with E-state index in [0.717, 1.165) is 5.56 Å². The summed E-state index contributed by atoms with van der Waals surface area (Å²) in [5.41, 5.74) is 1.87. The maximum absolute atomic E-state index is 12.0. The number of carbonyl (C=O) groups excluding carboxylic acids is 2. The lowest BCUT2D eigenvalue weighted by atomic mass is 10.2. The summed E-state index contributed by atoms with van der Waals surface area (Å²) in [4.78, 5) is 23.0. The Bertz CT molecular complexity index is 750. The summed E-state index contributed by atoms with van der Waals surface area (Å²) in [6.45, 7) is 1.73. The van der Waals surface area contributed by atoms with E-state index in [2.05, 4.69) is 16.0 Å². The second-order valence-corrected chi connectivity index (χ2v) is 5.40. The van der Waals surface area contributed by atoms with Crippen molar-refractivity contribution in [2.24, 2.45) is 0 Å². The number of benzene rings is 2. The van der Waals surface area contributed by atoms with E-state index in [1.54, 1.807) is 25.3 Å². The lowest BCUT2D eigenvalue weighted by molar-refractivity contribution is -0.114. The Morgan fingerprint density at radius 2 is 1.88 bits per heavy atom. The van der Waals surface area contributed by atoms with Crippen LogP contribution in [0.3, 0.4) is 0 Å². The van der Waals surface area contributed by atoms with Gasteiger partial charge in [-0.2, -0.15) is 0 Å². The van der Waals surface area contributed by atoms with Gasteiger partial charge in [0, 0.05) is 24.7 Å². The quantitative estimate of drug-likeness (QED) is 0.772. The number of rotatable bonds is 5. The molecule has 0 saturated carbocycles. The van der Waals surface area contributed by atoms with E-state index in [1.807, 2.05) is 24.3 Å². The van der Waals surface area contributed by atoms with Crippen molar-refractivity contribution in [2.75, 3.05) is 17.7 Å². The van der Waals surface area contributed by atoms with Crippen LogP contribution in [0.5, 0.6) is 5.75 Å². The molecule has 0 saturated heterocycles. The Kier molecular flexibility index (Phi) is 6.03. The summed E-state index contributed by atoms with van der Waals surface area (Å²) in [6.07, 6.45) is 0. The highest BCUT2D eigenvalue weighted by Gasteiger charge is 2.08. The zero-order chi connectivity index (χ0) is 17.5. The Balaban J connectivity index is 1.96. The molecule has 0 fully saturated rings. The first-order valence-corrected chi connectivity index (χ1v) is 7.61. The van der Waals surface area contributed by atoms with Gasteiger partial charge in [-0.1, -0.05) is 29.8 Å². The van der Waals surface area contributed by atoms with Gasteiger partial charge in [0.15, 0.2) is 0 Å². The number of hydrogen-bond acceptors (Lipinski definition) is 3. The maximum Gasteiger partial charge on any atom is 0.319 e. The largest absolute Gasteiger partial charge is 0.496 e. The van der Waals surface area contributed by atoms with Crippen LogP contribution in [-0.2, 0) is 11.3 Å². The first-order valence-electron chi connectivity index (χ1n) is 7.23. The van der Waals surface area contributed by atoms with Crippen LogP contribution in [0.1, 0.15) is 12.5 Å². The monoisotopic (exact) mass is 347 g/mol. The molecular formula is C17H18ClN3O3. The summed E-state index contributed by atoms with van der Waals surface area (Å²) >= 11 is 6.11. The number of urea groups is 1. The Hall–Kier alpha value is -2.73. The molecule has 24 heavy (non-hydrogen) atoms. The zero-order valence-electron chi connectivity index (χ0n) is 13.4. The minimum atomic E-state index is -0.393. The molecule has 3 amide bonds. The van der Waals surface area contributed by atoms with Crippen molar-refractivity contribution >= 4 is 34.9 Å². The topological polar surface area (TPSA) is 79.5 Å². The average Bonchev–Trinajstić information content (AvgIpc) is 2.55. The number of anilines is 2. The summed E-state index contributed by atoms with van der Waals surface area (Å²) in [7, 11) is 1.58. The van der Waals surface area contributed by atoms with Crippen molar-refractivity contribution < 1.29 is 14.3 Å². The van der Waals surface area contributed by atoms with Crippen molar-refractivity contribution in [3.8, 4) is 5.75 Å². The SMILES string of the molecule is COc1ccccc1CNC(=O)Nc1ccc(NC(C)=O)cc1Cl. The lowest BCUT2D eigenvalue weighted by Gasteiger charge is -2.12. The van der Waals surface area contributed by atoms with E-state index in [1.165, 1.54) is 6.92 Å². The summed E-state index contributed by atoms with van der Waals surface area (Å²) < 4.78 is 5.23. The van der Waals surface area contributed by atoms with Crippen molar-refractivity contribution in [1.82, 2.24) is 5.32 Å². The second kappa shape index (κ2) is 8.21. The third-order valence-electron chi connectivity index (χ3n) is 3.17. The molecule has 0 bridgehead atoms. The minimum Gasteiger partial charge on any atom is -0.496 e. The molecule has 6 nitrogen and oxygen atoms in total. The Morgan fingerprint density at radius 1 is 1.12 bits per heavy atom. The van der Waals surface area contributed by atoms with Crippen LogP contribution >= 0.6 is 11.6 Å². The molecule has 2 aromatic carbocycles. The fourth-order valence-corrected chi connectivity index (χ4v) is 2.32. The first kappa shape index (κ1) is 17.6. The molecule has 0 aliphatic rings. The molecule has 0 aliphatic carbocycles. The van der Waals surface area contributed by atoms with Crippen molar-refractivity contribution in [1.29, 1.82) is 0 Å². The van der Waals surface area contributed by atoms with Gasteiger partial charge >= 0.3 is 6.03 Å². The van der Waals surface area contributed by atoms with Gasteiger partial charge in [-0.05, 0) is 24.3 Å². The van der Waals surface area contributed by atoms with E-state index < -0.39 is 6.03 Å². The van der Waals surface area contributed by atoms with Crippen LogP contribution in [0.2, 0.25) is 5.02 Å². The van der Waals surface area contributed by atoms with Crippen molar-refractivity contribution in [3.05, 3.63) is 53.1 Å². The van der Waals surface area contributed by atoms with Gasteiger partial charge in [-0.25, -0.2) is 4.79 Å². The van der Waals surface area contributed by atoms with Crippen LogP contribution in [0.4, 0.5) is 16.2 Å². The summed E-state index contributed by atoms with van der Waals surface area (Å²) in [6, 6.07) is 11.9. The number of nitrogens with one attached hydrogen (secondary N) is 3. The van der Waals surface area contributed by atoms with Gasteiger partial charge in [-0.15, -0.1) is 0 Å². The molecule has 0 aliphatic heterocycles. The van der Waals surface area contributed by atoms with Crippen molar-refractivity contribution in [2.45, 2.75) is 13.5 Å². The van der Waals surface area contributed by atoms with E-state index >= 15 is 0 Å². The molecule has 0 spiro atoms. The fraction of sp³-hybridized carbons (Fsp3) is 0.176. The highest BCUT2D eigenvalue weighted by atomic mass is 35.5. The minimum absolute atomic E-state index is 0.193. The molecule has 126 valence electrons. The first-order chi connectivity index (χ1) is 11.5. The van der Waals surface area contributed by atoms with Gasteiger partial charge in [0.25, 0.3) is 0 Å². The molecule has 0 atom stereocenters. The van der Waals surface area contributed by atoms with E-state index in [0.29, 0.717) is 28.7 Å². The number of ether oxygens (including phenoxy) is 1. The average molecular weight is 348 g/mol. The Morgan fingerprint density at radius 3 is 2.54 bits per heavy atom. The Labute approximate surface area is 145 Å². The number of para-hydroxylation sites is 1. The van der Waals surface area contributed by atoms with Gasteiger partial charge in [0.05, 0.1) is 17.8 Å². The number of halogens is 1. The molecule has 0 radical (unpaired) electrons.